The zero-order valence-electron chi connectivity index (χ0n) is 20.4. The number of benzene rings is 2. The third kappa shape index (κ3) is 5.51. The van der Waals surface area contributed by atoms with E-state index in [1.807, 2.05) is 0 Å². The zero-order valence-corrected chi connectivity index (χ0v) is 20.4. The molecule has 2 aromatic carbocycles. The van der Waals surface area contributed by atoms with Crippen molar-refractivity contribution in [1.82, 2.24) is 9.55 Å². The van der Waals surface area contributed by atoms with Gasteiger partial charge >= 0.3 is 18.2 Å². The van der Waals surface area contributed by atoms with E-state index in [2.05, 4.69) is 10.3 Å². The Morgan fingerprint density at radius 1 is 1.00 bits per heavy atom. The smallest absolute Gasteiger partial charge is 0.418 e. The van der Waals surface area contributed by atoms with Crippen LogP contribution in [0.25, 0.3) is 22.2 Å². The van der Waals surface area contributed by atoms with Crippen molar-refractivity contribution in [2.75, 3.05) is 18.5 Å². The lowest BCUT2D eigenvalue weighted by atomic mass is 10.1. The summed E-state index contributed by atoms with van der Waals surface area (Å²) >= 11 is 0. The first-order chi connectivity index (χ1) is 18.3. The molecule has 38 heavy (non-hydrogen) atoms. The van der Waals surface area contributed by atoms with Crippen molar-refractivity contribution in [1.29, 1.82) is 0 Å². The Hall–Kier alpha value is -5.06. The molecule has 0 saturated heterocycles. The van der Waals surface area contributed by atoms with E-state index < -0.39 is 29.4 Å². The van der Waals surface area contributed by atoms with Crippen LogP contribution in [0.3, 0.4) is 0 Å². The van der Waals surface area contributed by atoms with Crippen molar-refractivity contribution in [3.8, 4) is 17.0 Å². The molecule has 0 radical (unpaired) electrons. The van der Waals surface area contributed by atoms with Crippen molar-refractivity contribution in [2.24, 2.45) is 0 Å². The van der Waals surface area contributed by atoms with E-state index >= 15 is 0 Å². The summed E-state index contributed by atoms with van der Waals surface area (Å²) in [5.41, 5.74) is 0.0547. The fourth-order valence-corrected chi connectivity index (χ4v) is 3.72. The van der Waals surface area contributed by atoms with Gasteiger partial charge < -0.3 is 14.2 Å². The number of nitrogens with zero attached hydrogens (tertiary/aromatic N) is 2. The van der Waals surface area contributed by atoms with Crippen LogP contribution in [-0.4, -0.2) is 40.9 Å². The lowest BCUT2D eigenvalue weighted by Gasteiger charge is -2.18. The summed E-state index contributed by atoms with van der Waals surface area (Å²) in [6.45, 7) is 3.34. The molecular formula is C27H22FN3O7. The van der Waals surface area contributed by atoms with Gasteiger partial charge in [0, 0.05) is 35.5 Å². The maximum absolute atomic E-state index is 13.9. The maximum atomic E-state index is 13.9. The van der Waals surface area contributed by atoms with E-state index in [-0.39, 0.29) is 52.4 Å². The number of ether oxygens (including phenoxy) is 3. The van der Waals surface area contributed by atoms with Gasteiger partial charge in [0.1, 0.15) is 11.6 Å². The second-order valence-corrected chi connectivity index (χ2v) is 7.77. The van der Waals surface area contributed by atoms with Gasteiger partial charge in [0.25, 0.3) is 0 Å². The Bertz CT molecular complexity index is 1590. The maximum Gasteiger partial charge on any atom is 0.418 e. The van der Waals surface area contributed by atoms with E-state index in [0.717, 1.165) is 22.8 Å². The largest absolute Gasteiger partial charge is 0.450 e. The highest BCUT2D eigenvalue weighted by Gasteiger charge is 2.22. The minimum atomic E-state index is -0.826. The number of nitrogens with one attached hydrogen (secondary N) is 1. The Morgan fingerprint density at radius 2 is 1.79 bits per heavy atom. The van der Waals surface area contributed by atoms with Crippen molar-refractivity contribution < 1.29 is 33.0 Å². The molecule has 0 spiro atoms. The molecule has 4 rings (SSSR count). The molecule has 11 heteroatoms. The lowest BCUT2D eigenvalue weighted by molar-refractivity contribution is 0.0734. The van der Waals surface area contributed by atoms with Crippen LogP contribution < -0.4 is 15.5 Å². The van der Waals surface area contributed by atoms with E-state index in [4.69, 9.17) is 14.2 Å². The van der Waals surface area contributed by atoms with Gasteiger partial charge in [-0.3, -0.25) is 15.1 Å². The second kappa shape index (κ2) is 11.3. The zero-order chi connectivity index (χ0) is 27.2. The van der Waals surface area contributed by atoms with E-state index in [0.29, 0.717) is 0 Å². The Labute approximate surface area is 215 Å². The highest BCUT2D eigenvalue weighted by atomic mass is 19.1. The van der Waals surface area contributed by atoms with Gasteiger partial charge in [-0.1, -0.05) is 0 Å². The van der Waals surface area contributed by atoms with E-state index in [1.165, 1.54) is 42.7 Å². The summed E-state index contributed by atoms with van der Waals surface area (Å²) in [6.07, 6.45) is 1.20. The second-order valence-electron chi connectivity index (χ2n) is 7.77. The number of halogens is 1. The van der Waals surface area contributed by atoms with Crippen LogP contribution in [-0.2, 0) is 9.47 Å². The topological polar surface area (TPSA) is 126 Å². The molecule has 4 aromatic rings. The average Bonchev–Trinajstić information content (AvgIpc) is 2.90. The Morgan fingerprint density at radius 3 is 2.50 bits per heavy atom. The number of carbonyl (C=O) groups excluding carboxylic acids is 3. The van der Waals surface area contributed by atoms with Gasteiger partial charge in [-0.25, -0.2) is 23.3 Å². The summed E-state index contributed by atoms with van der Waals surface area (Å²) in [5, 5.41) is 2.51. The van der Waals surface area contributed by atoms with Crippen molar-refractivity contribution in [3.05, 3.63) is 88.6 Å². The van der Waals surface area contributed by atoms with Gasteiger partial charge in [0.15, 0.2) is 5.43 Å². The molecule has 194 valence electrons. The number of carbonyl (C=O) groups is 3. The Balaban J connectivity index is 1.89. The highest BCUT2D eigenvalue weighted by Crippen LogP contribution is 2.33. The minimum absolute atomic E-state index is 0.0320. The fraction of sp³-hybridized carbons (Fsp3) is 0.148. The third-order valence-electron chi connectivity index (χ3n) is 5.31. The number of pyridine rings is 2. The molecule has 2 heterocycles. The molecule has 0 unspecified atom stereocenters. The van der Waals surface area contributed by atoms with Gasteiger partial charge in [0.05, 0.1) is 35.7 Å². The fourth-order valence-electron chi connectivity index (χ4n) is 3.72. The number of hydrogen-bond acceptors (Lipinski definition) is 8. The average molecular weight is 519 g/mol. The normalized spacial score (nSPS) is 10.6. The quantitative estimate of drug-likeness (QED) is 0.279. The summed E-state index contributed by atoms with van der Waals surface area (Å²) in [6, 6.07) is 11.9. The third-order valence-corrected chi connectivity index (χ3v) is 5.31. The van der Waals surface area contributed by atoms with Gasteiger partial charge in [-0.05, 0) is 56.3 Å². The number of aromatic nitrogens is 2. The summed E-state index contributed by atoms with van der Waals surface area (Å²) in [7, 11) is 0. The minimum Gasteiger partial charge on any atom is -0.450 e. The lowest BCUT2D eigenvalue weighted by Crippen LogP contribution is -2.21. The van der Waals surface area contributed by atoms with Crippen LogP contribution in [0.1, 0.15) is 24.2 Å². The molecule has 1 N–H and O–H groups in total. The number of amides is 1. The number of fused-ring (bicyclic) bond motifs is 1. The van der Waals surface area contributed by atoms with E-state index in [9.17, 15) is 23.6 Å². The molecule has 0 fully saturated rings. The molecule has 0 aliphatic rings. The molecule has 0 aliphatic carbocycles. The number of anilines is 1. The molecule has 1 amide bonds. The van der Waals surface area contributed by atoms with Gasteiger partial charge in [0.2, 0.25) is 0 Å². The number of esters is 1. The highest BCUT2D eigenvalue weighted by molar-refractivity contribution is 5.97. The molecule has 2 aromatic heterocycles. The number of hydrogen-bond donors (Lipinski definition) is 1. The molecule has 0 aliphatic heterocycles. The van der Waals surface area contributed by atoms with E-state index in [1.54, 1.807) is 19.9 Å². The Kier molecular flexibility index (Phi) is 7.76. The number of rotatable bonds is 6. The predicted octanol–water partition coefficient (Wildman–Crippen LogP) is 4.99. The van der Waals surface area contributed by atoms with Crippen molar-refractivity contribution in [3.63, 3.8) is 0 Å². The van der Waals surface area contributed by atoms with Crippen LogP contribution in [0.15, 0.2) is 71.8 Å². The molecule has 0 atom stereocenters. The van der Waals surface area contributed by atoms with Crippen molar-refractivity contribution >= 4 is 34.7 Å². The molecule has 0 bridgehead atoms. The first-order valence-corrected chi connectivity index (χ1v) is 11.5. The first-order valence-electron chi connectivity index (χ1n) is 11.5. The standard InChI is InChI=1S/C27H22FN3O7/c1-3-36-26(34)30-21-13-18(38-25(33)16-6-5-11-29-15-16)8-9-19(21)23-14-24(32)20-12-17(28)7-10-22(20)31(23)27(35)37-4-2/h5-15H,3-4H2,1-2H3,(H,30,34). The first kappa shape index (κ1) is 26.0. The summed E-state index contributed by atoms with van der Waals surface area (Å²) in [5.74, 6) is -1.28. The molecular weight excluding hydrogens is 497 g/mol. The van der Waals surface area contributed by atoms with Crippen LogP contribution in [0.2, 0.25) is 0 Å². The van der Waals surface area contributed by atoms with Crippen LogP contribution in [0.5, 0.6) is 5.75 Å². The molecule has 0 saturated carbocycles. The monoisotopic (exact) mass is 519 g/mol. The van der Waals surface area contributed by atoms with Crippen LogP contribution in [0, 0.1) is 5.82 Å². The predicted molar refractivity (Wildman–Crippen MR) is 136 cm³/mol. The summed E-state index contributed by atoms with van der Waals surface area (Å²) < 4.78 is 30.6. The molecule has 10 nitrogen and oxygen atoms in total. The van der Waals surface area contributed by atoms with Crippen LogP contribution in [0.4, 0.5) is 19.7 Å². The van der Waals surface area contributed by atoms with Crippen molar-refractivity contribution in [2.45, 2.75) is 13.8 Å². The summed E-state index contributed by atoms with van der Waals surface area (Å²) in [4.78, 5) is 54.7. The SMILES string of the molecule is CCOC(=O)Nc1cc(OC(=O)c2cccnc2)ccc1-c1cc(=O)c2cc(F)ccc2n1C(=O)OCC. The van der Waals surface area contributed by atoms with Gasteiger partial charge in [-0.15, -0.1) is 0 Å². The van der Waals surface area contributed by atoms with Crippen LogP contribution >= 0.6 is 0 Å². The van der Waals surface area contributed by atoms with Gasteiger partial charge in [-0.2, -0.15) is 0 Å².